The van der Waals surface area contributed by atoms with Crippen LogP contribution in [0.2, 0.25) is 5.02 Å². The van der Waals surface area contributed by atoms with E-state index < -0.39 is 11.7 Å². The van der Waals surface area contributed by atoms with Crippen LogP contribution in [0.3, 0.4) is 0 Å². The van der Waals surface area contributed by atoms with Crippen molar-refractivity contribution >= 4 is 17.3 Å². The summed E-state index contributed by atoms with van der Waals surface area (Å²) in [5, 5.41) is 2.68. The molecule has 0 atom stereocenters. The van der Waals surface area contributed by atoms with E-state index in [9.17, 15) is 13.2 Å². The molecule has 0 aromatic heterocycles. The van der Waals surface area contributed by atoms with Gasteiger partial charge in [0.2, 0.25) is 0 Å². The highest BCUT2D eigenvalue weighted by molar-refractivity contribution is 6.33. The van der Waals surface area contributed by atoms with Crippen LogP contribution < -0.4 is 5.32 Å². The zero-order valence-corrected chi connectivity index (χ0v) is 8.21. The molecule has 1 aromatic carbocycles. The normalized spacial score (nSPS) is 11.5. The number of rotatable bonds is 2. The predicted molar refractivity (Wildman–Crippen MR) is 50.6 cm³/mol. The summed E-state index contributed by atoms with van der Waals surface area (Å²) >= 11 is 5.65. The van der Waals surface area contributed by atoms with Crippen LogP contribution in [0.25, 0.3) is 0 Å². The minimum absolute atomic E-state index is 0.0517. The Bertz CT molecular complexity index is 322. The van der Waals surface area contributed by atoms with Gasteiger partial charge in [-0.1, -0.05) is 17.7 Å². The van der Waals surface area contributed by atoms with Gasteiger partial charge in [0.15, 0.2) is 0 Å². The molecule has 0 amide bonds. The standard InChI is InChI=1S/C9H9ClF3N/c1-2-14-8-6(9(11,12)13)4-3-5-7(8)10/h3-5,14H,2H2,1H3. The Hall–Kier alpha value is -0.900. The van der Waals surface area contributed by atoms with Crippen LogP contribution in [0.4, 0.5) is 18.9 Å². The van der Waals surface area contributed by atoms with Gasteiger partial charge in [-0.2, -0.15) is 13.2 Å². The highest BCUT2D eigenvalue weighted by atomic mass is 35.5. The van der Waals surface area contributed by atoms with Gasteiger partial charge in [0.05, 0.1) is 16.3 Å². The zero-order valence-electron chi connectivity index (χ0n) is 7.45. The van der Waals surface area contributed by atoms with Gasteiger partial charge in [-0.25, -0.2) is 0 Å². The van der Waals surface area contributed by atoms with Crippen LogP contribution in [0.5, 0.6) is 0 Å². The van der Waals surface area contributed by atoms with E-state index in [0.717, 1.165) is 6.07 Å². The number of para-hydroxylation sites is 1. The summed E-state index contributed by atoms with van der Waals surface area (Å²) in [6.45, 7) is 2.11. The molecule has 0 radical (unpaired) electrons. The van der Waals surface area contributed by atoms with Gasteiger partial charge in [-0.05, 0) is 19.1 Å². The number of hydrogen-bond acceptors (Lipinski definition) is 1. The maximum absolute atomic E-state index is 12.5. The molecule has 1 aromatic rings. The maximum atomic E-state index is 12.5. The SMILES string of the molecule is CCNc1c(Cl)cccc1C(F)(F)F. The third-order valence-corrected chi connectivity index (χ3v) is 1.99. The second kappa shape index (κ2) is 4.09. The monoisotopic (exact) mass is 223 g/mol. The van der Waals surface area contributed by atoms with E-state index in [1.807, 2.05) is 0 Å². The maximum Gasteiger partial charge on any atom is 0.418 e. The fourth-order valence-electron chi connectivity index (χ4n) is 1.12. The van der Waals surface area contributed by atoms with E-state index in [4.69, 9.17) is 11.6 Å². The Morgan fingerprint density at radius 1 is 1.36 bits per heavy atom. The lowest BCUT2D eigenvalue weighted by Crippen LogP contribution is -2.10. The predicted octanol–water partition coefficient (Wildman–Crippen LogP) is 3.79. The molecule has 0 heterocycles. The first-order valence-corrected chi connectivity index (χ1v) is 4.44. The van der Waals surface area contributed by atoms with E-state index >= 15 is 0 Å². The van der Waals surface area contributed by atoms with Crippen molar-refractivity contribution in [1.82, 2.24) is 0 Å². The highest BCUT2D eigenvalue weighted by Gasteiger charge is 2.33. The van der Waals surface area contributed by atoms with Crippen LogP contribution in [0, 0.1) is 0 Å². The van der Waals surface area contributed by atoms with Crippen LogP contribution in [0.15, 0.2) is 18.2 Å². The minimum atomic E-state index is -4.37. The number of nitrogens with one attached hydrogen (secondary N) is 1. The van der Waals surface area contributed by atoms with Crippen LogP contribution in [-0.2, 0) is 6.18 Å². The number of halogens is 4. The molecule has 5 heteroatoms. The third-order valence-electron chi connectivity index (χ3n) is 1.67. The second-order valence-corrected chi connectivity index (χ2v) is 3.10. The summed E-state index contributed by atoms with van der Waals surface area (Å²) in [5.74, 6) is 0. The number of alkyl halides is 3. The average molecular weight is 224 g/mol. The van der Waals surface area contributed by atoms with Gasteiger partial charge in [0, 0.05) is 6.54 Å². The molecule has 0 bridgehead atoms. The summed E-state index contributed by atoms with van der Waals surface area (Å²) in [6, 6.07) is 3.71. The highest BCUT2D eigenvalue weighted by Crippen LogP contribution is 2.38. The molecule has 78 valence electrons. The Labute approximate surface area is 84.9 Å². The van der Waals surface area contributed by atoms with Crippen molar-refractivity contribution in [2.45, 2.75) is 13.1 Å². The number of benzene rings is 1. The Morgan fingerprint density at radius 2 is 2.00 bits per heavy atom. The van der Waals surface area contributed by atoms with E-state index in [-0.39, 0.29) is 10.7 Å². The zero-order chi connectivity index (χ0) is 10.8. The first-order valence-electron chi connectivity index (χ1n) is 4.06. The smallest absolute Gasteiger partial charge is 0.384 e. The number of hydrogen-bond donors (Lipinski definition) is 1. The molecule has 0 aliphatic rings. The van der Waals surface area contributed by atoms with E-state index in [1.54, 1.807) is 6.92 Å². The first-order chi connectivity index (χ1) is 6.46. The van der Waals surface area contributed by atoms with E-state index in [2.05, 4.69) is 5.32 Å². The molecular formula is C9H9ClF3N. The van der Waals surface area contributed by atoms with E-state index in [0.29, 0.717) is 6.54 Å². The Kier molecular flexibility index (Phi) is 3.26. The van der Waals surface area contributed by atoms with Crippen molar-refractivity contribution in [2.75, 3.05) is 11.9 Å². The van der Waals surface area contributed by atoms with Crippen molar-refractivity contribution in [3.8, 4) is 0 Å². The van der Waals surface area contributed by atoms with Crippen molar-refractivity contribution in [3.05, 3.63) is 28.8 Å². The molecule has 0 aliphatic carbocycles. The molecule has 0 fully saturated rings. The topological polar surface area (TPSA) is 12.0 Å². The van der Waals surface area contributed by atoms with Crippen molar-refractivity contribution < 1.29 is 13.2 Å². The molecule has 0 aliphatic heterocycles. The molecule has 0 unspecified atom stereocenters. The van der Waals surface area contributed by atoms with E-state index in [1.165, 1.54) is 12.1 Å². The van der Waals surface area contributed by atoms with Crippen molar-refractivity contribution in [1.29, 1.82) is 0 Å². The van der Waals surface area contributed by atoms with Gasteiger partial charge in [0.25, 0.3) is 0 Å². The van der Waals surface area contributed by atoms with Crippen molar-refractivity contribution in [3.63, 3.8) is 0 Å². The van der Waals surface area contributed by atoms with Gasteiger partial charge in [-0.15, -0.1) is 0 Å². The fourth-order valence-corrected chi connectivity index (χ4v) is 1.36. The summed E-state index contributed by atoms with van der Waals surface area (Å²) in [5.41, 5.74) is -0.781. The second-order valence-electron chi connectivity index (χ2n) is 2.69. The Balaban J connectivity index is 3.21. The van der Waals surface area contributed by atoms with Crippen LogP contribution in [-0.4, -0.2) is 6.54 Å². The van der Waals surface area contributed by atoms with Gasteiger partial charge >= 0.3 is 6.18 Å². The fraction of sp³-hybridized carbons (Fsp3) is 0.333. The molecule has 1 N–H and O–H groups in total. The third kappa shape index (κ3) is 2.32. The lowest BCUT2D eigenvalue weighted by molar-refractivity contribution is -0.136. The molecular weight excluding hydrogens is 215 g/mol. The Morgan fingerprint density at radius 3 is 2.50 bits per heavy atom. The summed E-state index contributed by atoms with van der Waals surface area (Å²) < 4.78 is 37.4. The van der Waals surface area contributed by atoms with Crippen LogP contribution >= 0.6 is 11.6 Å². The molecule has 1 nitrogen and oxygen atoms in total. The summed E-state index contributed by atoms with van der Waals surface area (Å²) in [6.07, 6.45) is -4.37. The average Bonchev–Trinajstić information content (AvgIpc) is 2.07. The number of anilines is 1. The lowest BCUT2D eigenvalue weighted by atomic mass is 10.1. The molecule has 0 saturated carbocycles. The van der Waals surface area contributed by atoms with Gasteiger partial charge in [0.1, 0.15) is 0 Å². The molecule has 0 spiro atoms. The van der Waals surface area contributed by atoms with Gasteiger partial charge in [-0.3, -0.25) is 0 Å². The summed E-state index contributed by atoms with van der Waals surface area (Å²) in [4.78, 5) is 0. The largest absolute Gasteiger partial charge is 0.418 e. The summed E-state index contributed by atoms with van der Waals surface area (Å²) in [7, 11) is 0. The van der Waals surface area contributed by atoms with Crippen LogP contribution in [0.1, 0.15) is 12.5 Å². The van der Waals surface area contributed by atoms with Crippen molar-refractivity contribution in [2.24, 2.45) is 0 Å². The molecule has 1 rings (SSSR count). The molecule has 0 saturated heterocycles. The molecule has 14 heavy (non-hydrogen) atoms. The quantitative estimate of drug-likeness (QED) is 0.804. The lowest BCUT2D eigenvalue weighted by Gasteiger charge is -2.14. The minimum Gasteiger partial charge on any atom is -0.384 e. The van der Waals surface area contributed by atoms with Gasteiger partial charge < -0.3 is 5.32 Å². The first kappa shape index (κ1) is 11.2.